The Labute approximate surface area is 112 Å². The second-order valence-electron chi connectivity index (χ2n) is 5.26. The van der Waals surface area contributed by atoms with Crippen molar-refractivity contribution in [2.75, 3.05) is 0 Å². The van der Waals surface area contributed by atoms with E-state index >= 15 is 0 Å². The Balaban J connectivity index is 2.20. The number of aromatic nitrogens is 3. The average molecular weight is 265 g/mol. The molecule has 2 atom stereocenters. The van der Waals surface area contributed by atoms with E-state index in [1.54, 1.807) is 29.7 Å². The second-order valence-corrected chi connectivity index (χ2v) is 5.26. The predicted octanol–water partition coefficient (Wildman–Crippen LogP) is -0.313. The van der Waals surface area contributed by atoms with Gasteiger partial charge in [0.1, 0.15) is 17.8 Å². The Morgan fingerprint density at radius 1 is 1.42 bits per heavy atom. The van der Waals surface area contributed by atoms with E-state index < -0.39 is 12.1 Å². The van der Waals surface area contributed by atoms with E-state index in [4.69, 9.17) is 0 Å². The van der Waals surface area contributed by atoms with Crippen LogP contribution >= 0.6 is 0 Å². The van der Waals surface area contributed by atoms with E-state index in [1.165, 1.54) is 0 Å². The molecular weight excluding hydrogens is 246 g/mol. The first-order valence-corrected chi connectivity index (χ1v) is 6.36. The van der Waals surface area contributed by atoms with Gasteiger partial charge in [-0.1, -0.05) is 19.1 Å². The van der Waals surface area contributed by atoms with Crippen molar-refractivity contribution in [1.29, 1.82) is 0 Å². The normalized spacial score (nSPS) is 23.9. The molecule has 1 aromatic rings. The SMILES string of the molecule is CC(C)C1NC(=O)C(C)N(Cc2cn(C)nn2)C1=O. The average Bonchev–Trinajstić information content (AvgIpc) is 2.74. The van der Waals surface area contributed by atoms with Gasteiger partial charge in [-0.25, -0.2) is 0 Å². The first-order valence-electron chi connectivity index (χ1n) is 6.36. The lowest BCUT2D eigenvalue weighted by Crippen LogP contribution is -2.63. The standard InChI is InChI=1S/C12H19N5O2/c1-7(2)10-12(19)17(8(3)11(18)13-10)6-9-5-16(4)15-14-9/h5,7-8,10H,6H2,1-4H3,(H,13,18). The van der Waals surface area contributed by atoms with Gasteiger partial charge in [0.2, 0.25) is 11.8 Å². The van der Waals surface area contributed by atoms with Gasteiger partial charge in [0, 0.05) is 13.2 Å². The molecule has 0 bridgehead atoms. The van der Waals surface area contributed by atoms with Crippen LogP contribution in [0.4, 0.5) is 0 Å². The zero-order valence-corrected chi connectivity index (χ0v) is 11.6. The minimum Gasteiger partial charge on any atom is -0.342 e. The number of nitrogens with one attached hydrogen (secondary N) is 1. The summed E-state index contributed by atoms with van der Waals surface area (Å²) >= 11 is 0. The van der Waals surface area contributed by atoms with Crippen LogP contribution in [0.15, 0.2) is 6.20 Å². The lowest BCUT2D eigenvalue weighted by Gasteiger charge is -2.38. The third-order valence-electron chi connectivity index (χ3n) is 3.34. The molecule has 2 unspecified atom stereocenters. The van der Waals surface area contributed by atoms with E-state index in [0.29, 0.717) is 12.2 Å². The van der Waals surface area contributed by atoms with E-state index in [1.807, 2.05) is 13.8 Å². The monoisotopic (exact) mass is 265 g/mol. The Bertz CT molecular complexity index is 496. The molecule has 0 spiro atoms. The lowest BCUT2D eigenvalue weighted by atomic mass is 9.98. The number of hydrogen-bond acceptors (Lipinski definition) is 4. The molecular formula is C12H19N5O2. The molecule has 7 nitrogen and oxygen atoms in total. The first kappa shape index (κ1) is 13.5. The van der Waals surface area contributed by atoms with E-state index in [0.717, 1.165) is 0 Å². The van der Waals surface area contributed by atoms with E-state index in [2.05, 4.69) is 15.6 Å². The van der Waals surface area contributed by atoms with Gasteiger partial charge in [0.05, 0.1) is 6.54 Å². The molecule has 0 saturated carbocycles. The van der Waals surface area contributed by atoms with Gasteiger partial charge in [-0.3, -0.25) is 14.3 Å². The Hall–Kier alpha value is -1.92. The molecule has 1 fully saturated rings. The van der Waals surface area contributed by atoms with Crippen LogP contribution in [0, 0.1) is 5.92 Å². The van der Waals surface area contributed by atoms with Crippen molar-refractivity contribution in [3.63, 3.8) is 0 Å². The lowest BCUT2D eigenvalue weighted by molar-refractivity contribution is -0.150. The van der Waals surface area contributed by atoms with Gasteiger partial charge in [-0.2, -0.15) is 0 Å². The van der Waals surface area contributed by atoms with Crippen molar-refractivity contribution < 1.29 is 9.59 Å². The Morgan fingerprint density at radius 2 is 2.11 bits per heavy atom. The highest BCUT2D eigenvalue weighted by molar-refractivity contribution is 5.96. The zero-order valence-electron chi connectivity index (χ0n) is 11.6. The summed E-state index contributed by atoms with van der Waals surface area (Å²) in [5.41, 5.74) is 0.680. The first-order chi connectivity index (χ1) is 8.90. The number of hydrogen-bond donors (Lipinski definition) is 1. The second kappa shape index (κ2) is 4.99. The highest BCUT2D eigenvalue weighted by Crippen LogP contribution is 2.17. The summed E-state index contributed by atoms with van der Waals surface area (Å²) in [6.45, 7) is 5.86. The van der Waals surface area contributed by atoms with Crippen LogP contribution in [0.2, 0.25) is 0 Å². The summed E-state index contributed by atoms with van der Waals surface area (Å²) in [4.78, 5) is 25.9. The van der Waals surface area contributed by atoms with Crippen LogP contribution in [0.25, 0.3) is 0 Å². The fourth-order valence-electron chi connectivity index (χ4n) is 2.16. The molecule has 7 heteroatoms. The minimum absolute atomic E-state index is 0.0623. The fourth-order valence-corrected chi connectivity index (χ4v) is 2.16. The van der Waals surface area contributed by atoms with Crippen molar-refractivity contribution in [3.8, 4) is 0 Å². The Kier molecular flexibility index (Phi) is 3.55. The maximum atomic E-state index is 12.4. The summed E-state index contributed by atoms with van der Waals surface area (Å²) < 4.78 is 1.58. The van der Waals surface area contributed by atoms with Crippen LogP contribution in [-0.4, -0.2) is 43.8 Å². The largest absolute Gasteiger partial charge is 0.342 e. The number of aryl methyl sites for hydroxylation is 1. The van der Waals surface area contributed by atoms with Gasteiger partial charge >= 0.3 is 0 Å². The van der Waals surface area contributed by atoms with Gasteiger partial charge in [0.25, 0.3) is 0 Å². The molecule has 1 N–H and O–H groups in total. The number of rotatable bonds is 3. The number of piperazine rings is 1. The quantitative estimate of drug-likeness (QED) is 0.812. The number of carbonyl (C=O) groups is 2. The van der Waals surface area contributed by atoms with Gasteiger partial charge in [-0.15, -0.1) is 5.10 Å². The number of amides is 2. The molecule has 1 aliphatic rings. The zero-order chi connectivity index (χ0) is 14.2. The fraction of sp³-hybridized carbons (Fsp3) is 0.667. The van der Waals surface area contributed by atoms with E-state index in [9.17, 15) is 9.59 Å². The summed E-state index contributed by atoms with van der Waals surface area (Å²) in [5, 5.41) is 10.6. The maximum absolute atomic E-state index is 12.4. The smallest absolute Gasteiger partial charge is 0.246 e. The molecule has 19 heavy (non-hydrogen) atoms. The summed E-state index contributed by atoms with van der Waals surface area (Å²) in [5.74, 6) is -0.122. The molecule has 0 radical (unpaired) electrons. The molecule has 2 rings (SSSR count). The van der Waals surface area contributed by atoms with Gasteiger partial charge in [-0.05, 0) is 12.8 Å². The van der Waals surface area contributed by atoms with Gasteiger partial charge < -0.3 is 10.2 Å². The molecule has 1 saturated heterocycles. The summed E-state index contributed by atoms with van der Waals surface area (Å²) in [7, 11) is 1.77. The summed E-state index contributed by atoms with van der Waals surface area (Å²) in [6.07, 6.45) is 1.75. The van der Waals surface area contributed by atoms with Crippen molar-refractivity contribution >= 4 is 11.8 Å². The molecule has 0 aromatic carbocycles. The third kappa shape index (κ3) is 2.59. The van der Waals surface area contributed by atoms with Crippen molar-refractivity contribution in [3.05, 3.63) is 11.9 Å². The minimum atomic E-state index is -0.482. The highest BCUT2D eigenvalue weighted by Gasteiger charge is 2.39. The van der Waals surface area contributed by atoms with Crippen LogP contribution in [0.1, 0.15) is 26.5 Å². The number of nitrogens with zero attached hydrogens (tertiary/aromatic N) is 4. The number of carbonyl (C=O) groups excluding carboxylic acids is 2. The third-order valence-corrected chi connectivity index (χ3v) is 3.34. The highest BCUT2D eigenvalue weighted by atomic mass is 16.2. The van der Waals surface area contributed by atoms with E-state index in [-0.39, 0.29) is 17.7 Å². The van der Waals surface area contributed by atoms with Crippen LogP contribution in [0.3, 0.4) is 0 Å². The van der Waals surface area contributed by atoms with Crippen LogP contribution in [-0.2, 0) is 23.2 Å². The molecule has 104 valence electrons. The summed E-state index contributed by atoms with van der Waals surface area (Å²) in [6, 6.07) is -0.940. The molecule has 2 heterocycles. The Morgan fingerprint density at radius 3 is 2.63 bits per heavy atom. The van der Waals surface area contributed by atoms with Crippen LogP contribution < -0.4 is 5.32 Å². The molecule has 1 aliphatic heterocycles. The molecule has 0 aliphatic carbocycles. The molecule has 1 aromatic heterocycles. The predicted molar refractivity (Wildman–Crippen MR) is 67.8 cm³/mol. The maximum Gasteiger partial charge on any atom is 0.246 e. The van der Waals surface area contributed by atoms with Crippen molar-refractivity contribution in [2.24, 2.45) is 13.0 Å². The van der Waals surface area contributed by atoms with Gasteiger partial charge in [0.15, 0.2) is 0 Å². The van der Waals surface area contributed by atoms with Crippen molar-refractivity contribution in [1.82, 2.24) is 25.2 Å². The molecule has 2 amide bonds. The topological polar surface area (TPSA) is 80.1 Å². The van der Waals surface area contributed by atoms with Crippen molar-refractivity contribution in [2.45, 2.75) is 39.4 Å². The van der Waals surface area contributed by atoms with Crippen LogP contribution in [0.5, 0.6) is 0 Å².